The monoisotopic (exact) mass is 470 g/mol. The zero-order chi connectivity index (χ0) is 23.5. The van der Waals surface area contributed by atoms with Gasteiger partial charge in [-0.1, -0.05) is 54.2 Å². The minimum atomic E-state index is -0.449. The van der Waals surface area contributed by atoms with E-state index < -0.39 is 4.92 Å². The Kier molecular flexibility index (Phi) is 5.88. The third kappa shape index (κ3) is 4.44. The van der Waals surface area contributed by atoms with Gasteiger partial charge in [0, 0.05) is 29.6 Å². The van der Waals surface area contributed by atoms with Crippen LogP contribution in [0.4, 0.5) is 5.69 Å². The maximum absolute atomic E-state index is 12.4. The quantitative estimate of drug-likeness (QED) is 0.164. The first-order chi connectivity index (χ1) is 16.6. The first-order valence-electron chi connectivity index (χ1n) is 10.4. The predicted molar refractivity (Wildman–Crippen MR) is 129 cm³/mol. The van der Waals surface area contributed by atoms with Crippen molar-refractivity contribution in [1.29, 1.82) is 0 Å². The molecule has 3 aromatic carbocycles. The number of carbonyl (C=O) groups is 1. The number of hydrogen-bond donors (Lipinski definition) is 1. The Morgan fingerprint density at radius 1 is 0.971 bits per heavy atom. The number of nitro benzene ring substituents is 1. The second kappa shape index (κ2) is 9.28. The van der Waals surface area contributed by atoms with Crippen molar-refractivity contribution in [2.75, 3.05) is 5.75 Å². The van der Waals surface area contributed by atoms with Gasteiger partial charge in [0.2, 0.25) is 5.91 Å². The summed E-state index contributed by atoms with van der Waals surface area (Å²) in [7, 11) is 0. The van der Waals surface area contributed by atoms with Crippen LogP contribution in [-0.2, 0) is 11.3 Å². The lowest BCUT2D eigenvalue weighted by Gasteiger charge is -2.07. The Balaban J connectivity index is 1.43. The molecule has 0 saturated carbocycles. The van der Waals surface area contributed by atoms with Gasteiger partial charge in [-0.3, -0.25) is 14.9 Å². The lowest BCUT2D eigenvalue weighted by atomic mass is 10.2. The molecule has 10 heteroatoms. The number of rotatable bonds is 7. The number of amides is 1. The van der Waals surface area contributed by atoms with Gasteiger partial charge in [-0.15, -0.1) is 5.10 Å². The predicted octanol–water partition coefficient (Wildman–Crippen LogP) is 4.26. The van der Waals surface area contributed by atoms with Crippen molar-refractivity contribution in [3.63, 3.8) is 0 Å². The van der Waals surface area contributed by atoms with Gasteiger partial charge < -0.3 is 5.32 Å². The van der Waals surface area contributed by atoms with Crippen molar-refractivity contribution in [2.24, 2.45) is 0 Å². The number of nitrogens with zero attached hydrogens (tertiary/aromatic N) is 5. The van der Waals surface area contributed by atoms with Crippen molar-refractivity contribution in [2.45, 2.75) is 11.7 Å². The highest BCUT2D eigenvalue weighted by Crippen LogP contribution is 2.27. The standard InChI is InChI=1S/C24H18N6O3S/c31-21(25-14-16-6-2-1-3-7-16)15-34-24-26-20-9-5-4-8-19(20)23-27-22(28-29(23)24)17-10-12-18(13-11-17)30(32)33/h1-13H,14-15H2,(H,25,31). The van der Waals surface area contributed by atoms with Crippen molar-refractivity contribution >= 4 is 39.9 Å². The van der Waals surface area contributed by atoms with Gasteiger partial charge in [0.1, 0.15) is 0 Å². The van der Waals surface area contributed by atoms with Gasteiger partial charge in [0.15, 0.2) is 16.6 Å². The third-order valence-corrected chi connectivity index (χ3v) is 6.08. The molecule has 168 valence electrons. The van der Waals surface area contributed by atoms with Crippen LogP contribution in [0.5, 0.6) is 0 Å². The number of non-ortho nitro benzene ring substituents is 1. The molecule has 0 fully saturated rings. The second-order valence-electron chi connectivity index (χ2n) is 7.44. The van der Waals surface area contributed by atoms with Crippen LogP contribution in [0.25, 0.3) is 27.9 Å². The first kappa shape index (κ1) is 21.5. The van der Waals surface area contributed by atoms with Crippen LogP contribution in [0, 0.1) is 10.1 Å². The number of nitro groups is 1. The normalized spacial score (nSPS) is 11.1. The smallest absolute Gasteiger partial charge is 0.269 e. The average molecular weight is 471 g/mol. The summed E-state index contributed by atoms with van der Waals surface area (Å²) in [4.78, 5) is 32.3. The molecule has 5 rings (SSSR count). The van der Waals surface area contributed by atoms with Crippen LogP contribution in [0.3, 0.4) is 0 Å². The fraction of sp³-hybridized carbons (Fsp3) is 0.0833. The highest BCUT2D eigenvalue weighted by atomic mass is 32.2. The molecule has 34 heavy (non-hydrogen) atoms. The van der Waals surface area contributed by atoms with Crippen LogP contribution in [0.2, 0.25) is 0 Å². The molecular weight excluding hydrogens is 452 g/mol. The number of hydrogen-bond acceptors (Lipinski definition) is 7. The minimum absolute atomic E-state index is 0.00242. The number of thioether (sulfide) groups is 1. The molecule has 0 bridgehead atoms. The van der Waals surface area contributed by atoms with Gasteiger partial charge in [-0.2, -0.15) is 4.52 Å². The van der Waals surface area contributed by atoms with Gasteiger partial charge in [0.05, 0.1) is 16.2 Å². The van der Waals surface area contributed by atoms with Crippen molar-refractivity contribution < 1.29 is 9.72 Å². The van der Waals surface area contributed by atoms with E-state index in [2.05, 4.69) is 15.4 Å². The summed E-state index contributed by atoms with van der Waals surface area (Å²) in [5.74, 6) is 0.469. The molecule has 0 aliphatic heterocycles. The highest BCUT2D eigenvalue weighted by molar-refractivity contribution is 7.99. The van der Waals surface area contributed by atoms with E-state index in [0.29, 0.717) is 28.7 Å². The molecule has 0 aliphatic rings. The molecule has 0 atom stereocenters. The zero-order valence-corrected chi connectivity index (χ0v) is 18.6. The Morgan fingerprint density at radius 3 is 2.47 bits per heavy atom. The SMILES string of the molecule is O=C(CSc1nc2ccccc2c2nc(-c3ccc([N+](=O)[O-])cc3)nn12)NCc1ccccc1. The Hall–Kier alpha value is -4.31. The number of carbonyl (C=O) groups excluding carboxylic acids is 1. The summed E-state index contributed by atoms with van der Waals surface area (Å²) >= 11 is 1.27. The van der Waals surface area contributed by atoms with Gasteiger partial charge in [0.25, 0.3) is 5.69 Å². The summed E-state index contributed by atoms with van der Waals surface area (Å²) in [6.07, 6.45) is 0. The van der Waals surface area contributed by atoms with E-state index in [0.717, 1.165) is 16.5 Å². The van der Waals surface area contributed by atoms with E-state index in [9.17, 15) is 14.9 Å². The fourth-order valence-electron chi connectivity index (χ4n) is 3.46. The van der Waals surface area contributed by atoms with E-state index in [4.69, 9.17) is 4.98 Å². The molecular formula is C24H18N6O3S. The zero-order valence-electron chi connectivity index (χ0n) is 17.8. The van der Waals surface area contributed by atoms with Crippen LogP contribution in [0.1, 0.15) is 5.56 Å². The molecule has 0 aliphatic carbocycles. The summed E-state index contributed by atoms with van der Waals surface area (Å²) in [6.45, 7) is 0.453. The Morgan fingerprint density at radius 2 is 1.71 bits per heavy atom. The van der Waals surface area contributed by atoms with Crippen LogP contribution in [-0.4, -0.2) is 36.2 Å². The topological polar surface area (TPSA) is 115 Å². The summed E-state index contributed by atoms with van der Waals surface area (Å²) < 4.78 is 1.62. The molecule has 5 aromatic rings. The van der Waals surface area contributed by atoms with Gasteiger partial charge >= 0.3 is 0 Å². The van der Waals surface area contributed by atoms with Crippen LogP contribution < -0.4 is 5.32 Å². The van der Waals surface area contributed by atoms with Crippen LogP contribution in [0.15, 0.2) is 84.0 Å². The number of benzene rings is 3. The summed E-state index contributed by atoms with van der Waals surface area (Å²) in [5, 5.41) is 19.8. The van der Waals surface area contributed by atoms with E-state index >= 15 is 0 Å². The average Bonchev–Trinajstić information content (AvgIpc) is 3.33. The van der Waals surface area contributed by atoms with Crippen LogP contribution >= 0.6 is 11.8 Å². The molecule has 0 spiro atoms. The fourth-order valence-corrected chi connectivity index (χ4v) is 4.23. The molecule has 1 amide bonds. The molecule has 2 heterocycles. The lowest BCUT2D eigenvalue weighted by molar-refractivity contribution is -0.384. The van der Waals surface area contributed by atoms with Gasteiger partial charge in [-0.25, -0.2) is 9.97 Å². The number of fused-ring (bicyclic) bond motifs is 3. The number of para-hydroxylation sites is 1. The molecule has 1 N–H and O–H groups in total. The van der Waals surface area contributed by atoms with Crippen molar-refractivity contribution in [1.82, 2.24) is 24.9 Å². The van der Waals surface area contributed by atoms with E-state index in [-0.39, 0.29) is 17.3 Å². The van der Waals surface area contributed by atoms with E-state index in [1.54, 1.807) is 16.6 Å². The molecule has 0 saturated heterocycles. The summed E-state index contributed by atoms with van der Waals surface area (Å²) in [5.41, 5.74) is 3.01. The Bertz CT molecular complexity index is 1500. The Labute approximate surface area is 198 Å². The maximum atomic E-state index is 12.4. The lowest BCUT2D eigenvalue weighted by Crippen LogP contribution is -2.24. The molecule has 0 radical (unpaired) electrons. The van der Waals surface area contributed by atoms with Crippen molar-refractivity contribution in [3.05, 3.63) is 94.5 Å². The molecule has 9 nitrogen and oxygen atoms in total. The molecule has 2 aromatic heterocycles. The first-order valence-corrected chi connectivity index (χ1v) is 11.4. The largest absolute Gasteiger partial charge is 0.351 e. The van der Waals surface area contributed by atoms with Crippen molar-refractivity contribution in [3.8, 4) is 11.4 Å². The maximum Gasteiger partial charge on any atom is 0.269 e. The van der Waals surface area contributed by atoms with E-state index in [1.807, 2.05) is 54.6 Å². The highest BCUT2D eigenvalue weighted by Gasteiger charge is 2.16. The third-order valence-electron chi connectivity index (χ3n) is 5.15. The number of aromatic nitrogens is 4. The van der Waals surface area contributed by atoms with E-state index in [1.165, 1.54) is 23.9 Å². The molecule has 0 unspecified atom stereocenters. The number of nitrogens with one attached hydrogen (secondary N) is 1. The minimum Gasteiger partial charge on any atom is -0.351 e. The summed E-state index contributed by atoms with van der Waals surface area (Å²) in [6, 6.07) is 23.4. The van der Waals surface area contributed by atoms with Gasteiger partial charge in [-0.05, 0) is 29.8 Å². The second-order valence-corrected chi connectivity index (χ2v) is 8.38.